The van der Waals surface area contributed by atoms with Gasteiger partial charge in [0, 0.05) is 9.45 Å². The van der Waals surface area contributed by atoms with Crippen LogP contribution in [0.25, 0.3) is 0 Å². The van der Waals surface area contributed by atoms with E-state index in [1.165, 1.54) is 0 Å². The van der Waals surface area contributed by atoms with Crippen LogP contribution in [0.3, 0.4) is 0 Å². The standard InChI is InChI=1S/C8H7ClI2O/c1-12-8-3-6(10)5(4-9)2-7(8)11/h2-3H,4H2,1H3. The molecule has 0 atom stereocenters. The van der Waals surface area contributed by atoms with Crippen molar-refractivity contribution in [1.82, 2.24) is 0 Å². The molecule has 1 aromatic rings. The molecule has 0 aliphatic carbocycles. The van der Waals surface area contributed by atoms with Crippen LogP contribution in [0.1, 0.15) is 5.56 Å². The summed E-state index contributed by atoms with van der Waals surface area (Å²) < 4.78 is 7.43. The molecule has 0 heterocycles. The maximum Gasteiger partial charge on any atom is 0.133 e. The zero-order valence-electron chi connectivity index (χ0n) is 6.40. The number of methoxy groups -OCH3 is 1. The smallest absolute Gasteiger partial charge is 0.133 e. The third-order valence-corrected chi connectivity index (χ3v) is 3.60. The van der Waals surface area contributed by atoms with Crippen LogP contribution < -0.4 is 4.74 Å². The fourth-order valence-corrected chi connectivity index (χ4v) is 2.66. The Morgan fingerprint density at radius 2 is 2.00 bits per heavy atom. The molecule has 0 fully saturated rings. The number of hydrogen-bond donors (Lipinski definition) is 0. The molecule has 0 bridgehead atoms. The van der Waals surface area contributed by atoms with Crippen LogP contribution in [0.15, 0.2) is 12.1 Å². The predicted molar refractivity (Wildman–Crippen MR) is 68.0 cm³/mol. The van der Waals surface area contributed by atoms with Crippen molar-refractivity contribution in [3.63, 3.8) is 0 Å². The monoisotopic (exact) mass is 408 g/mol. The third kappa shape index (κ3) is 2.38. The Bertz CT molecular complexity index is 259. The van der Waals surface area contributed by atoms with E-state index in [0.717, 1.165) is 18.5 Å². The summed E-state index contributed by atoms with van der Waals surface area (Å²) in [6, 6.07) is 4.05. The second-order valence-electron chi connectivity index (χ2n) is 2.21. The minimum absolute atomic E-state index is 0.554. The molecule has 0 saturated carbocycles. The van der Waals surface area contributed by atoms with Gasteiger partial charge in [0.15, 0.2) is 0 Å². The molecular formula is C8H7ClI2O. The van der Waals surface area contributed by atoms with E-state index in [1.807, 2.05) is 12.1 Å². The van der Waals surface area contributed by atoms with Gasteiger partial charge in [0.1, 0.15) is 5.75 Å². The first kappa shape index (κ1) is 10.8. The zero-order valence-corrected chi connectivity index (χ0v) is 11.5. The van der Waals surface area contributed by atoms with Gasteiger partial charge >= 0.3 is 0 Å². The maximum atomic E-state index is 5.75. The van der Waals surface area contributed by atoms with Crippen molar-refractivity contribution in [2.24, 2.45) is 0 Å². The number of ether oxygens (including phenoxy) is 1. The zero-order chi connectivity index (χ0) is 9.14. The molecule has 1 rings (SSSR count). The normalized spacial score (nSPS) is 10.0. The minimum atomic E-state index is 0.554. The highest BCUT2D eigenvalue weighted by atomic mass is 127. The molecule has 66 valence electrons. The first-order valence-electron chi connectivity index (χ1n) is 3.27. The number of rotatable bonds is 2. The number of hydrogen-bond acceptors (Lipinski definition) is 1. The van der Waals surface area contributed by atoms with E-state index in [0.29, 0.717) is 5.88 Å². The number of halogens is 3. The number of alkyl halides is 1. The van der Waals surface area contributed by atoms with E-state index >= 15 is 0 Å². The van der Waals surface area contributed by atoms with Crippen LogP contribution in [0.2, 0.25) is 0 Å². The number of benzene rings is 1. The van der Waals surface area contributed by atoms with Crippen LogP contribution in [-0.2, 0) is 5.88 Å². The van der Waals surface area contributed by atoms with Gasteiger partial charge in [-0.3, -0.25) is 0 Å². The summed E-state index contributed by atoms with van der Waals surface area (Å²) in [5.74, 6) is 1.46. The van der Waals surface area contributed by atoms with Crippen molar-refractivity contribution in [3.05, 3.63) is 24.8 Å². The second kappa shape index (κ2) is 4.85. The molecule has 0 spiro atoms. The largest absolute Gasteiger partial charge is 0.496 e. The molecule has 0 unspecified atom stereocenters. The van der Waals surface area contributed by atoms with Gasteiger partial charge in [-0.25, -0.2) is 0 Å². The van der Waals surface area contributed by atoms with E-state index < -0.39 is 0 Å². The Labute approximate surface area is 104 Å². The molecular weight excluding hydrogens is 401 g/mol. The molecule has 0 saturated heterocycles. The van der Waals surface area contributed by atoms with Crippen LogP contribution in [0.4, 0.5) is 0 Å². The Morgan fingerprint density at radius 1 is 1.33 bits per heavy atom. The Balaban J connectivity index is 3.16. The molecule has 0 aliphatic heterocycles. The Kier molecular flexibility index (Phi) is 4.39. The molecule has 0 N–H and O–H groups in total. The first-order chi connectivity index (χ1) is 5.69. The van der Waals surface area contributed by atoms with Crippen molar-refractivity contribution in [2.75, 3.05) is 7.11 Å². The van der Waals surface area contributed by atoms with Gasteiger partial charge in [-0.2, -0.15) is 0 Å². The summed E-state index contributed by atoms with van der Waals surface area (Å²) in [7, 11) is 1.67. The van der Waals surface area contributed by atoms with Gasteiger partial charge in [-0.15, -0.1) is 11.6 Å². The van der Waals surface area contributed by atoms with Crippen molar-refractivity contribution in [3.8, 4) is 5.75 Å². The highest BCUT2D eigenvalue weighted by Gasteiger charge is 2.05. The lowest BCUT2D eigenvalue weighted by Gasteiger charge is -2.06. The highest BCUT2D eigenvalue weighted by molar-refractivity contribution is 14.1. The minimum Gasteiger partial charge on any atom is -0.496 e. The van der Waals surface area contributed by atoms with Gasteiger partial charge in [-0.05, 0) is 62.9 Å². The lowest BCUT2D eigenvalue weighted by atomic mass is 10.2. The SMILES string of the molecule is COc1cc(I)c(CCl)cc1I. The van der Waals surface area contributed by atoms with Crippen molar-refractivity contribution in [2.45, 2.75) is 5.88 Å². The summed E-state index contributed by atoms with van der Waals surface area (Å²) in [4.78, 5) is 0. The summed E-state index contributed by atoms with van der Waals surface area (Å²) in [5, 5.41) is 0. The van der Waals surface area contributed by atoms with Gasteiger partial charge in [-0.1, -0.05) is 0 Å². The van der Waals surface area contributed by atoms with Crippen LogP contribution >= 0.6 is 56.8 Å². The van der Waals surface area contributed by atoms with E-state index in [2.05, 4.69) is 45.2 Å². The van der Waals surface area contributed by atoms with E-state index in [1.54, 1.807) is 7.11 Å². The molecule has 0 radical (unpaired) electrons. The Morgan fingerprint density at radius 3 is 2.50 bits per heavy atom. The van der Waals surface area contributed by atoms with E-state index in [9.17, 15) is 0 Å². The molecule has 1 nitrogen and oxygen atoms in total. The van der Waals surface area contributed by atoms with Crippen LogP contribution in [0.5, 0.6) is 5.75 Å². The lowest BCUT2D eigenvalue weighted by Crippen LogP contribution is -1.91. The summed E-state index contributed by atoms with van der Waals surface area (Å²) in [6.07, 6.45) is 0. The predicted octanol–water partition coefficient (Wildman–Crippen LogP) is 3.64. The molecule has 0 amide bonds. The summed E-state index contributed by atoms with van der Waals surface area (Å²) in [6.45, 7) is 0. The topological polar surface area (TPSA) is 9.23 Å². The van der Waals surface area contributed by atoms with Gasteiger partial charge in [0.2, 0.25) is 0 Å². The van der Waals surface area contributed by atoms with Gasteiger partial charge in [0.25, 0.3) is 0 Å². The Hall–Kier alpha value is 0.770. The van der Waals surface area contributed by atoms with Crippen molar-refractivity contribution < 1.29 is 4.74 Å². The fourth-order valence-electron chi connectivity index (χ4n) is 0.829. The molecule has 4 heteroatoms. The van der Waals surface area contributed by atoms with E-state index in [-0.39, 0.29) is 0 Å². The second-order valence-corrected chi connectivity index (χ2v) is 4.80. The molecule has 1 aromatic carbocycles. The third-order valence-electron chi connectivity index (χ3n) is 1.46. The molecule has 12 heavy (non-hydrogen) atoms. The average molecular weight is 408 g/mol. The van der Waals surface area contributed by atoms with Crippen molar-refractivity contribution in [1.29, 1.82) is 0 Å². The summed E-state index contributed by atoms with van der Waals surface area (Å²) >= 11 is 10.2. The molecule has 0 aliphatic rings. The lowest BCUT2D eigenvalue weighted by molar-refractivity contribution is 0.411. The summed E-state index contributed by atoms with van der Waals surface area (Å²) in [5.41, 5.74) is 1.16. The van der Waals surface area contributed by atoms with E-state index in [4.69, 9.17) is 16.3 Å². The van der Waals surface area contributed by atoms with Crippen LogP contribution in [0, 0.1) is 7.14 Å². The van der Waals surface area contributed by atoms with Gasteiger partial charge < -0.3 is 4.74 Å². The van der Waals surface area contributed by atoms with Crippen molar-refractivity contribution >= 4 is 56.8 Å². The molecule has 0 aromatic heterocycles. The fraction of sp³-hybridized carbons (Fsp3) is 0.250. The van der Waals surface area contributed by atoms with Crippen LogP contribution in [-0.4, -0.2) is 7.11 Å². The quantitative estimate of drug-likeness (QED) is 0.536. The van der Waals surface area contributed by atoms with Gasteiger partial charge in [0.05, 0.1) is 10.7 Å². The first-order valence-corrected chi connectivity index (χ1v) is 5.96. The highest BCUT2D eigenvalue weighted by Crippen LogP contribution is 2.26. The maximum absolute atomic E-state index is 5.75. The average Bonchev–Trinajstić information content (AvgIpc) is 2.08.